The Morgan fingerprint density at radius 1 is 1.33 bits per heavy atom. The van der Waals surface area contributed by atoms with Crippen molar-refractivity contribution in [3.05, 3.63) is 23.8 Å². The van der Waals surface area contributed by atoms with Crippen LogP contribution in [0.15, 0.2) is 18.2 Å². The van der Waals surface area contributed by atoms with Gasteiger partial charge < -0.3 is 10.5 Å². The predicted molar refractivity (Wildman–Crippen MR) is 69.3 cm³/mol. The summed E-state index contributed by atoms with van der Waals surface area (Å²) in [4.78, 5) is 1.18. The molecule has 6 nitrogen and oxygen atoms in total. The van der Waals surface area contributed by atoms with Crippen LogP contribution in [-0.4, -0.2) is 39.6 Å². The second-order valence-electron chi connectivity index (χ2n) is 4.45. The third kappa shape index (κ3) is 4.42. The fraction of sp³-hybridized carbons (Fsp3) is 0.417. The number of rotatable bonds is 5. The van der Waals surface area contributed by atoms with Crippen LogP contribution >= 0.6 is 0 Å². The first-order chi connectivity index (χ1) is 9.85. The molecule has 0 aliphatic heterocycles. The van der Waals surface area contributed by atoms with E-state index in [0.29, 0.717) is 17.1 Å². The maximum absolute atomic E-state index is 11.9. The molecule has 0 radical (unpaired) electrons. The van der Waals surface area contributed by atoms with Crippen molar-refractivity contribution >= 4 is 5.69 Å². The van der Waals surface area contributed by atoms with Crippen molar-refractivity contribution in [2.45, 2.75) is 19.6 Å². The number of benzene rings is 1. The molecule has 0 bridgehead atoms. The lowest BCUT2D eigenvalue weighted by atomic mass is 10.1. The second kappa shape index (κ2) is 6.08. The molecule has 0 aliphatic rings. The topological polar surface area (TPSA) is 78.8 Å². The number of ether oxygens (including phenoxy) is 1. The highest BCUT2D eigenvalue weighted by Gasteiger charge is 2.27. The van der Waals surface area contributed by atoms with Crippen LogP contribution in [0.5, 0.6) is 0 Å². The van der Waals surface area contributed by atoms with Gasteiger partial charge in [0.1, 0.15) is 6.61 Å². The van der Waals surface area contributed by atoms with E-state index in [2.05, 4.69) is 20.1 Å². The molecule has 2 N–H and O–H groups in total. The maximum atomic E-state index is 11.9. The molecule has 1 aromatic heterocycles. The van der Waals surface area contributed by atoms with Crippen LogP contribution in [0.1, 0.15) is 5.56 Å². The summed E-state index contributed by atoms with van der Waals surface area (Å²) in [5.41, 5.74) is 8.03. The van der Waals surface area contributed by atoms with Gasteiger partial charge in [-0.25, -0.2) is 0 Å². The van der Waals surface area contributed by atoms with E-state index < -0.39 is 12.8 Å². The Morgan fingerprint density at radius 3 is 2.76 bits per heavy atom. The van der Waals surface area contributed by atoms with Gasteiger partial charge in [0.25, 0.3) is 0 Å². The van der Waals surface area contributed by atoms with Gasteiger partial charge in [0.2, 0.25) is 5.82 Å². The standard InChI is InChI=1S/C12H14F3N5O/c1-8-2-3-9(6-10(8)16)11-17-19-20(18-11)4-5-21-7-12(13,14)15/h2-3,6H,4-5,7,16H2,1H3. The van der Waals surface area contributed by atoms with Gasteiger partial charge in [0.15, 0.2) is 0 Å². The molecule has 0 saturated heterocycles. The summed E-state index contributed by atoms with van der Waals surface area (Å²) in [5, 5.41) is 11.6. The van der Waals surface area contributed by atoms with Crippen LogP contribution in [0.2, 0.25) is 0 Å². The van der Waals surface area contributed by atoms with Crippen molar-refractivity contribution in [2.24, 2.45) is 0 Å². The van der Waals surface area contributed by atoms with E-state index in [4.69, 9.17) is 5.73 Å². The van der Waals surface area contributed by atoms with Crippen LogP contribution in [0.4, 0.5) is 18.9 Å². The Balaban J connectivity index is 1.93. The number of nitrogens with two attached hydrogens (primary N) is 1. The molecule has 0 saturated carbocycles. The fourth-order valence-electron chi connectivity index (χ4n) is 1.57. The van der Waals surface area contributed by atoms with Gasteiger partial charge in [-0.15, -0.1) is 10.2 Å². The first-order valence-corrected chi connectivity index (χ1v) is 6.14. The lowest BCUT2D eigenvalue weighted by Gasteiger charge is -2.06. The lowest BCUT2D eigenvalue weighted by Crippen LogP contribution is -2.19. The maximum Gasteiger partial charge on any atom is 0.411 e. The van der Waals surface area contributed by atoms with Gasteiger partial charge in [-0.05, 0) is 23.8 Å². The van der Waals surface area contributed by atoms with E-state index >= 15 is 0 Å². The molecule has 2 aromatic rings. The number of hydrogen-bond acceptors (Lipinski definition) is 5. The van der Waals surface area contributed by atoms with Crippen LogP contribution in [0.3, 0.4) is 0 Å². The fourth-order valence-corrected chi connectivity index (χ4v) is 1.57. The Bertz CT molecular complexity index is 611. The van der Waals surface area contributed by atoms with E-state index in [0.717, 1.165) is 5.56 Å². The summed E-state index contributed by atoms with van der Waals surface area (Å²) < 4.78 is 40.1. The highest BCUT2D eigenvalue weighted by molar-refractivity contribution is 5.62. The first-order valence-electron chi connectivity index (χ1n) is 6.14. The van der Waals surface area contributed by atoms with Crippen LogP contribution < -0.4 is 5.73 Å². The van der Waals surface area contributed by atoms with E-state index in [1.807, 2.05) is 13.0 Å². The highest BCUT2D eigenvalue weighted by Crippen LogP contribution is 2.20. The molecule has 0 unspecified atom stereocenters. The SMILES string of the molecule is Cc1ccc(-c2nnn(CCOCC(F)(F)F)n2)cc1N. The van der Waals surface area contributed by atoms with Gasteiger partial charge in [-0.3, -0.25) is 0 Å². The first kappa shape index (κ1) is 15.2. The normalized spacial score (nSPS) is 11.8. The summed E-state index contributed by atoms with van der Waals surface area (Å²) in [6, 6.07) is 5.35. The quantitative estimate of drug-likeness (QED) is 0.673. The van der Waals surface area contributed by atoms with Gasteiger partial charge in [0.05, 0.1) is 13.2 Å². The summed E-state index contributed by atoms with van der Waals surface area (Å²) in [5.74, 6) is 0.359. The molecule has 0 amide bonds. The third-order valence-corrected chi connectivity index (χ3v) is 2.69. The largest absolute Gasteiger partial charge is 0.411 e. The monoisotopic (exact) mass is 301 g/mol. The third-order valence-electron chi connectivity index (χ3n) is 2.69. The molecule has 114 valence electrons. The van der Waals surface area contributed by atoms with Crippen LogP contribution in [0.25, 0.3) is 11.4 Å². The Morgan fingerprint density at radius 2 is 2.10 bits per heavy atom. The number of nitrogen functional groups attached to an aromatic ring is 1. The van der Waals surface area contributed by atoms with Crippen molar-refractivity contribution in [2.75, 3.05) is 18.9 Å². The zero-order valence-corrected chi connectivity index (χ0v) is 11.3. The van der Waals surface area contributed by atoms with Crippen molar-refractivity contribution in [1.29, 1.82) is 0 Å². The number of tetrazole rings is 1. The van der Waals surface area contributed by atoms with Gasteiger partial charge in [-0.2, -0.15) is 18.0 Å². The Kier molecular flexibility index (Phi) is 4.41. The van der Waals surface area contributed by atoms with Crippen LogP contribution in [-0.2, 0) is 11.3 Å². The Hall–Kier alpha value is -2.16. The van der Waals surface area contributed by atoms with Crippen LogP contribution in [0, 0.1) is 6.92 Å². The average molecular weight is 301 g/mol. The van der Waals surface area contributed by atoms with Crippen molar-refractivity contribution in [3.63, 3.8) is 0 Å². The molecule has 0 spiro atoms. The summed E-state index contributed by atoms with van der Waals surface area (Å²) in [6.45, 7) is 0.528. The van der Waals surface area contributed by atoms with E-state index in [1.165, 1.54) is 4.80 Å². The second-order valence-corrected chi connectivity index (χ2v) is 4.45. The van der Waals surface area contributed by atoms with Crippen molar-refractivity contribution in [3.8, 4) is 11.4 Å². The molecule has 9 heteroatoms. The minimum absolute atomic E-state index is 0.0877. The number of alkyl halides is 3. The van der Waals surface area contributed by atoms with Gasteiger partial charge in [0, 0.05) is 11.3 Å². The predicted octanol–water partition coefficient (Wildman–Crippen LogP) is 1.81. The number of hydrogen-bond donors (Lipinski definition) is 1. The summed E-state index contributed by atoms with van der Waals surface area (Å²) >= 11 is 0. The van der Waals surface area contributed by atoms with Gasteiger partial charge in [-0.1, -0.05) is 12.1 Å². The molecule has 1 heterocycles. The number of anilines is 1. The molecular formula is C12H14F3N5O. The van der Waals surface area contributed by atoms with E-state index in [1.54, 1.807) is 12.1 Å². The van der Waals surface area contributed by atoms with Crippen molar-refractivity contribution < 1.29 is 17.9 Å². The van der Waals surface area contributed by atoms with E-state index in [-0.39, 0.29) is 13.2 Å². The van der Waals surface area contributed by atoms with Crippen molar-refractivity contribution in [1.82, 2.24) is 20.2 Å². The number of halogens is 3. The zero-order chi connectivity index (χ0) is 15.5. The summed E-state index contributed by atoms with van der Waals surface area (Å²) in [7, 11) is 0. The smallest absolute Gasteiger partial charge is 0.398 e. The number of aromatic nitrogens is 4. The highest BCUT2D eigenvalue weighted by atomic mass is 19.4. The molecule has 2 rings (SSSR count). The summed E-state index contributed by atoms with van der Waals surface area (Å²) in [6.07, 6.45) is -4.33. The molecule has 0 atom stereocenters. The molecule has 0 fully saturated rings. The average Bonchev–Trinajstić information content (AvgIpc) is 2.86. The number of aryl methyl sites for hydroxylation is 1. The molecule has 21 heavy (non-hydrogen) atoms. The van der Waals surface area contributed by atoms with E-state index in [9.17, 15) is 13.2 Å². The Labute approximate surface area is 118 Å². The molecular weight excluding hydrogens is 287 g/mol. The molecule has 1 aromatic carbocycles. The molecule has 0 aliphatic carbocycles. The number of nitrogens with zero attached hydrogens (tertiary/aromatic N) is 4. The lowest BCUT2D eigenvalue weighted by molar-refractivity contribution is -0.174. The van der Waals surface area contributed by atoms with Gasteiger partial charge >= 0.3 is 6.18 Å². The minimum Gasteiger partial charge on any atom is -0.398 e. The minimum atomic E-state index is -4.33. The zero-order valence-electron chi connectivity index (χ0n) is 11.3.